The molecule has 0 saturated carbocycles. The van der Waals surface area contributed by atoms with Crippen LogP contribution in [-0.2, 0) is 0 Å². The van der Waals surface area contributed by atoms with Crippen LogP contribution in [0.25, 0.3) is 0 Å². The average Bonchev–Trinajstić information content (AvgIpc) is 2.14. The number of carbonyl (C=O) groups excluding carboxylic acids is 1. The molecule has 0 aliphatic carbocycles. The fraction of sp³-hybridized carbons (Fsp3) is 0. The summed E-state index contributed by atoms with van der Waals surface area (Å²) in [6.45, 7) is 0. The maximum atomic E-state index is 10.4. The lowest BCUT2D eigenvalue weighted by molar-refractivity contribution is 0.0996. The van der Waals surface area contributed by atoms with Crippen molar-refractivity contribution >= 4 is 21.8 Å². The summed E-state index contributed by atoms with van der Waals surface area (Å²) in [6.07, 6.45) is 1.65. The Bertz CT molecular complexity index is 231. The van der Waals surface area contributed by atoms with E-state index in [0.29, 0.717) is 5.69 Å². The smallest absolute Gasteiger partial charge is 0.265 e. The predicted molar refractivity (Wildman–Crippen MR) is 37.0 cm³/mol. The van der Waals surface area contributed by atoms with E-state index in [1.807, 2.05) is 0 Å². The summed E-state index contributed by atoms with van der Waals surface area (Å²) in [5.74, 6) is -0.444. The van der Waals surface area contributed by atoms with Crippen LogP contribution in [0.2, 0.25) is 0 Å². The molecule has 0 spiro atoms. The van der Waals surface area contributed by atoms with Crippen LogP contribution in [0.4, 0.5) is 0 Å². The van der Waals surface area contributed by atoms with Gasteiger partial charge in [-0.05, 0) is 22.0 Å². The minimum absolute atomic E-state index is 0.418. The van der Waals surface area contributed by atoms with Crippen LogP contribution >= 0.6 is 15.9 Å². The topological polar surface area (TPSA) is 58.9 Å². The van der Waals surface area contributed by atoms with E-state index in [0.717, 1.165) is 4.47 Å². The number of amides is 1. The largest absolute Gasteiger partial charge is 0.364 e. The molecule has 3 N–H and O–H groups in total. The molecule has 1 rings (SSSR count). The van der Waals surface area contributed by atoms with Crippen molar-refractivity contribution < 1.29 is 4.79 Å². The number of nitrogens with two attached hydrogens (primary N) is 1. The molecule has 1 heterocycles. The zero-order chi connectivity index (χ0) is 6.85. The molecule has 0 aromatic carbocycles. The standard InChI is InChI=1S/C5H5BrN2O/c6-3-1-4(5(7)9)8-2-3/h1-2,8H,(H2,7,9). The van der Waals surface area contributed by atoms with Crippen molar-refractivity contribution in [2.24, 2.45) is 5.73 Å². The number of halogens is 1. The highest BCUT2D eigenvalue weighted by molar-refractivity contribution is 9.10. The van der Waals surface area contributed by atoms with Gasteiger partial charge < -0.3 is 10.7 Å². The number of primary amides is 1. The van der Waals surface area contributed by atoms with Crippen LogP contribution in [0.5, 0.6) is 0 Å². The van der Waals surface area contributed by atoms with Gasteiger partial charge >= 0.3 is 0 Å². The molecule has 0 saturated heterocycles. The minimum Gasteiger partial charge on any atom is -0.364 e. The maximum Gasteiger partial charge on any atom is 0.265 e. The molecule has 0 radical (unpaired) electrons. The first-order valence-electron chi connectivity index (χ1n) is 2.34. The van der Waals surface area contributed by atoms with Gasteiger partial charge in [0, 0.05) is 10.7 Å². The van der Waals surface area contributed by atoms with Gasteiger partial charge in [-0.15, -0.1) is 0 Å². The van der Waals surface area contributed by atoms with Crippen LogP contribution in [-0.4, -0.2) is 10.9 Å². The fourth-order valence-corrected chi connectivity index (χ4v) is 0.854. The van der Waals surface area contributed by atoms with Crippen LogP contribution in [0.1, 0.15) is 10.5 Å². The molecule has 0 atom stereocenters. The molecule has 0 aliphatic rings. The number of hydrogen-bond donors (Lipinski definition) is 2. The Balaban J connectivity index is 2.98. The molecule has 1 amide bonds. The zero-order valence-electron chi connectivity index (χ0n) is 4.52. The monoisotopic (exact) mass is 188 g/mol. The van der Waals surface area contributed by atoms with Gasteiger partial charge in [-0.1, -0.05) is 0 Å². The minimum atomic E-state index is -0.444. The highest BCUT2D eigenvalue weighted by Crippen LogP contribution is 2.09. The zero-order valence-corrected chi connectivity index (χ0v) is 6.10. The lowest BCUT2D eigenvalue weighted by Gasteiger charge is -1.82. The van der Waals surface area contributed by atoms with Crippen LogP contribution in [0, 0.1) is 0 Å². The van der Waals surface area contributed by atoms with Crippen molar-refractivity contribution in [3.05, 3.63) is 22.4 Å². The van der Waals surface area contributed by atoms with Crippen LogP contribution in [0.15, 0.2) is 16.7 Å². The first-order valence-corrected chi connectivity index (χ1v) is 3.13. The van der Waals surface area contributed by atoms with Gasteiger partial charge in [-0.3, -0.25) is 4.79 Å². The van der Waals surface area contributed by atoms with Crippen molar-refractivity contribution in [3.63, 3.8) is 0 Å². The summed E-state index contributed by atoms with van der Waals surface area (Å²) >= 11 is 3.16. The average molecular weight is 189 g/mol. The number of H-pyrrole nitrogens is 1. The predicted octanol–water partition coefficient (Wildman–Crippen LogP) is 0.876. The number of aromatic amines is 1. The van der Waals surface area contributed by atoms with Crippen molar-refractivity contribution in [1.29, 1.82) is 0 Å². The third-order valence-electron chi connectivity index (χ3n) is 0.913. The van der Waals surface area contributed by atoms with Crippen molar-refractivity contribution in [2.75, 3.05) is 0 Å². The molecule has 0 unspecified atom stereocenters. The second-order valence-corrected chi connectivity index (χ2v) is 2.51. The van der Waals surface area contributed by atoms with Gasteiger partial charge in [0.1, 0.15) is 5.69 Å². The van der Waals surface area contributed by atoms with Crippen LogP contribution < -0.4 is 5.73 Å². The van der Waals surface area contributed by atoms with Gasteiger partial charge in [-0.2, -0.15) is 0 Å². The quantitative estimate of drug-likeness (QED) is 0.676. The van der Waals surface area contributed by atoms with E-state index in [1.54, 1.807) is 12.3 Å². The molecular weight excluding hydrogens is 184 g/mol. The molecule has 0 fully saturated rings. The number of nitrogens with one attached hydrogen (secondary N) is 1. The first-order chi connectivity index (χ1) is 4.20. The van der Waals surface area contributed by atoms with Gasteiger partial charge in [0.25, 0.3) is 5.91 Å². The molecule has 1 aromatic heterocycles. The number of aromatic nitrogens is 1. The van der Waals surface area contributed by atoms with Gasteiger partial charge in [-0.25, -0.2) is 0 Å². The summed E-state index contributed by atoms with van der Waals surface area (Å²) < 4.78 is 0.830. The molecule has 4 heteroatoms. The third-order valence-corrected chi connectivity index (χ3v) is 1.37. The van der Waals surface area contributed by atoms with E-state index >= 15 is 0 Å². The highest BCUT2D eigenvalue weighted by atomic mass is 79.9. The van der Waals surface area contributed by atoms with Gasteiger partial charge in [0.2, 0.25) is 0 Å². The lowest BCUT2D eigenvalue weighted by atomic mass is 10.4. The number of carbonyl (C=O) groups is 1. The SMILES string of the molecule is NC(=O)c1cc(Br)c[nH]1. The molecule has 3 nitrogen and oxygen atoms in total. The Morgan fingerprint density at radius 2 is 2.44 bits per heavy atom. The second-order valence-electron chi connectivity index (χ2n) is 1.60. The maximum absolute atomic E-state index is 10.4. The van der Waals surface area contributed by atoms with Gasteiger partial charge in [0.15, 0.2) is 0 Å². The van der Waals surface area contributed by atoms with E-state index in [-0.39, 0.29) is 0 Å². The molecular formula is C5H5BrN2O. The Morgan fingerprint density at radius 1 is 1.78 bits per heavy atom. The molecule has 0 aliphatic heterocycles. The van der Waals surface area contributed by atoms with Crippen molar-refractivity contribution in [3.8, 4) is 0 Å². The Labute approximate surface area is 60.4 Å². The number of hydrogen-bond acceptors (Lipinski definition) is 1. The third kappa shape index (κ3) is 1.32. The highest BCUT2D eigenvalue weighted by Gasteiger charge is 2.00. The molecule has 1 aromatic rings. The van der Waals surface area contributed by atoms with E-state index < -0.39 is 5.91 Å². The Kier molecular flexibility index (Phi) is 1.57. The van der Waals surface area contributed by atoms with Gasteiger partial charge in [0.05, 0.1) is 0 Å². The molecule has 48 valence electrons. The van der Waals surface area contributed by atoms with E-state index in [9.17, 15) is 4.79 Å². The normalized spacial score (nSPS) is 9.44. The summed E-state index contributed by atoms with van der Waals surface area (Å²) in [4.78, 5) is 13.1. The number of rotatable bonds is 1. The van der Waals surface area contributed by atoms with Crippen LogP contribution in [0.3, 0.4) is 0 Å². The van der Waals surface area contributed by atoms with E-state index in [1.165, 1.54) is 0 Å². The Hall–Kier alpha value is -0.770. The van der Waals surface area contributed by atoms with Crippen molar-refractivity contribution in [2.45, 2.75) is 0 Å². The second kappa shape index (κ2) is 2.23. The first kappa shape index (κ1) is 6.35. The fourth-order valence-electron chi connectivity index (χ4n) is 0.510. The lowest BCUT2D eigenvalue weighted by Crippen LogP contribution is -2.10. The molecule has 9 heavy (non-hydrogen) atoms. The summed E-state index contributed by atoms with van der Waals surface area (Å²) in [5.41, 5.74) is 5.35. The van der Waals surface area contributed by atoms with Crippen molar-refractivity contribution in [1.82, 2.24) is 4.98 Å². The Morgan fingerprint density at radius 3 is 2.67 bits per heavy atom. The van der Waals surface area contributed by atoms with E-state index in [4.69, 9.17) is 5.73 Å². The molecule has 0 bridgehead atoms. The van der Waals surface area contributed by atoms with E-state index in [2.05, 4.69) is 20.9 Å². The summed E-state index contributed by atoms with van der Waals surface area (Å²) in [6, 6.07) is 1.63. The summed E-state index contributed by atoms with van der Waals surface area (Å²) in [5, 5.41) is 0. The summed E-state index contributed by atoms with van der Waals surface area (Å²) in [7, 11) is 0.